The normalized spacial score (nSPS) is 12.2. The maximum Gasteiger partial charge on any atom is 0.152 e. The SMILES string of the molecule is CC(C)(C)c1ccc(Nc2ccn(-c3ccccc3)n2)c(C(C)(C)C)c1O. The molecule has 0 aliphatic heterocycles. The molecule has 0 spiro atoms. The van der Waals surface area contributed by atoms with E-state index in [-0.39, 0.29) is 10.8 Å². The van der Waals surface area contributed by atoms with Gasteiger partial charge in [-0.2, -0.15) is 5.10 Å². The zero-order chi connectivity index (χ0) is 19.8. The Morgan fingerprint density at radius 3 is 2.11 bits per heavy atom. The molecule has 3 rings (SSSR count). The Balaban J connectivity index is 2.00. The molecule has 0 saturated heterocycles. The minimum atomic E-state index is -0.213. The van der Waals surface area contributed by atoms with Gasteiger partial charge in [0.1, 0.15) is 5.75 Å². The molecule has 4 nitrogen and oxygen atoms in total. The number of aromatic hydroxyl groups is 1. The quantitative estimate of drug-likeness (QED) is 0.607. The fourth-order valence-corrected chi connectivity index (χ4v) is 3.31. The van der Waals surface area contributed by atoms with E-state index in [2.05, 4.69) is 52.0 Å². The number of nitrogens with one attached hydrogen (secondary N) is 1. The Kier molecular flexibility index (Phi) is 4.77. The Labute approximate surface area is 161 Å². The van der Waals surface area contributed by atoms with Crippen molar-refractivity contribution in [3.63, 3.8) is 0 Å². The number of aromatic nitrogens is 2. The Morgan fingerprint density at radius 1 is 0.852 bits per heavy atom. The average Bonchev–Trinajstić information content (AvgIpc) is 3.02. The van der Waals surface area contributed by atoms with Crippen molar-refractivity contribution in [1.82, 2.24) is 9.78 Å². The molecule has 4 heteroatoms. The number of para-hydroxylation sites is 1. The molecule has 0 bridgehead atoms. The highest BCUT2D eigenvalue weighted by Gasteiger charge is 2.28. The van der Waals surface area contributed by atoms with Crippen LogP contribution in [0.2, 0.25) is 0 Å². The summed E-state index contributed by atoms with van der Waals surface area (Å²) in [6.07, 6.45) is 1.93. The molecule has 0 aliphatic rings. The van der Waals surface area contributed by atoms with Crippen LogP contribution in [-0.2, 0) is 10.8 Å². The predicted octanol–water partition coefficient (Wildman–Crippen LogP) is 5.92. The van der Waals surface area contributed by atoms with Crippen molar-refractivity contribution in [3.8, 4) is 11.4 Å². The van der Waals surface area contributed by atoms with E-state index in [0.717, 1.165) is 28.3 Å². The first-order valence-corrected chi connectivity index (χ1v) is 9.32. The van der Waals surface area contributed by atoms with Gasteiger partial charge in [-0.1, -0.05) is 65.8 Å². The third-order valence-electron chi connectivity index (χ3n) is 4.61. The van der Waals surface area contributed by atoms with Crippen molar-refractivity contribution in [1.29, 1.82) is 0 Å². The molecule has 27 heavy (non-hydrogen) atoms. The van der Waals surface area contributed by atoms with Gasteiger partial charge >= 0.3 is 0 Å². The second-order valence-corrected chi connectivity index (χ2v) is 8.99. The second-order valence-electron chi connectivity index (χ2n) is 8.99. The van der Waals surface area contributed by atoms with E-state index in [1.165, 1.54) is 0 Å². The molecular weight excluding hydrogens is 334 g/mol. The third kappa shape index (κ3) is 4.00. The molecule has 1 aromatic heterocycles. The summed E-state index contributed by atoms with van der Waals surface area (Å²) in [6.45, 7) is 12.7. The third-order valence-corrected chi connectivity index (χ3v) is 4.61. The van der Waals surface area contributed by atoms with Crippen LogP contribution in [0, 0.1) is 0 Å². The minimum absolute atomic E-state index is 0.127. The van der Waals surface area contributed by atoms with Gasteiger partial charge in [-0.05, 0) is 34.6 Å². The number of phenolic OH excluding ortho intramolecular Hbond substituents is 1. The second kappa shape index (κ2) is 6.76. The number of hydrogen-bond donors (Lipinski definition) is 2. The fraction of sp³-hybridized carbons (Fsp3) is 0.348. The standard InChI is InChI=1S/C23H29N3O/c1-22(2,3)17-12-13-18(20(21(17)27)23(4,5)6)24-19-14-15-26(25-19)16-10-8-7-9-11-16/h7-15,27H,1-6H3,(H,24,25). The van der Waals surface area contributed by atoms with Crippen molar-refractivity contribution in [3.05, 3.63) is 65.9 Å². The summed E-state index contributed by atoms with van der Waals surface area (Å²) in [5, 5.41) is 19.1. The van der Waals surface area contributed by atoms with Crippen molar-refractivity contribution < 1.29 is 5.11 Å². The van der Waals surface area contributed by atoms with Gasteiger partial charge in [-0.25, -0.2) is 4.68 Å². The highest BCUT2D eigenvalue weighted by Crippen LogP contribution is 2.43. The van der Waals surface area contributed by atoms with Crippen LogP contribution in [-0.4, -0.2) is 14.9 Å². The van der Waals surface area contributed by atoms with E-state index in [1.54, 1.807) is 0 Å². The van der Waals surface area contributed by atoms with Gasteiger partial charge in [0.2, 0.25) is 0 Å². The number of nitrogens with zero attached hydrogens (tertiary/aromatic N) is 2. The number of anilines is 2. The highest BCUT2D eigenvalue weighted by molar-refractivity contribution is 5.68. The van der Waals surface area contributed by atoms with Gasteiger partial charge in [0.05, 0.1) is 5.69 Å². The van der Waals surface area contributed by atoms with Gasteiger partial charge < -0.3 is 10.4 Å². The molecule has 2 N–H and O–H groups in total. The molecule has 2 aromatic carbocycles. The molecular formula is C23H29N3O. The van der Waals surface area contributed by atoms with Crippen LogP contribution < -0.4 is 5.32 Å². The zero-order valence-corrected chi connectivity index (χ0v) is 17.0. The summed E-state index contributed by atoms with van der Waals surface area (Å²) in [5.74, 6) is 1.11. The van der Waals surface area contributed by atoms with Crippen LogP contribution in [0.3, 0.4) is 0 Å². The van der Waals surface area contributed by atoms with E-state index in [9.17, 15) is 5.11 Å². The lowest BCUT2D eigenvalue weighted by Crippen LogP contribution is -2.18. The van der Waals surface area contributed by atoms with Gasteiger partial charge in [-0.3, -0.25) is 0 Å². The number of phenols is 1. The van der Waals surface area contributed by atoms with E-state index in [0.29, 0.717) is 5.75 Å². The predicted molar refractivity (Wildman–Crippen MR) is 112 cm³/mol. The molecule has 0 atom stereocenters. The molecule has 0 fully saturated rings. The number of rotatable bonds is 3. The molecule has 0 unspecified atom stereocenters. The van der Waals surface area contributed by atoms with Crippen LogP contribution in [0.4, 0.5) is 11.5 Å². The summed E-state index contributed by atoms with van der Waals surface area (Å²) in [6, 6.07) is 16.0. The molecule has 3 aromatic rings. The van der Waals surface area contributed by atoms with Crippen LogP contribution >= 0.6 is 0 Å². The van der Waals surface area contributed by atoms with Crippen LogP contribution in [0.25, 0.3) is 5.69 Å². The van der Waals surface area contributed by atoms with Gasteiger partial charge in [0, 0.05) is 23.5 Å². The van der Waals surface area contributed by atoms with E-state index < -0.39 is 0 Å². The van der Waals surface area contributed by atoms with Crippen LogP contribution in [0.5, 0.6) is 5.75 Å². The molecule has 1 heterocycles. The van der Waals surface area contributed by atoms with Crippen molar-refractivity contribution in [2.75, 3.05) is 5.32 Å². The van der Waals surface area contributed by atoms with Gasteiger partial charge in [0.25, 0.3) is 0 Å². The highest BCUT2D eigenvalue weighted by atomic mass is 16.3. The maximum atomic E-state index is 11.0. The molecule has 142 valence electrons. The monoisotopic (exact) mass is 363 g/mol. The van der Waals surface area contributed by atoms with Crippen molar-refractivity contribution in [2.24, 2.45) is 0 Å². The summed E-state index contributed by atoms with van der Waals surface area (Å²) in [7, 11) is 0. The van der Waals surface area contributed by atoms with E-state index >= 15 is 0 Å². The maximum absolute atomic E-state index is 11.0. The first-order valence-electron chi connectivity index (χ1n) is 9.32. The Hall–Kier alpha value is -2.75. The largest absolute Gasteiger partial charge is 0.507 e. The van der Waals surface area contributed by atoms with Gasteiger partial charge in [-0.15, -0.1) is 0 Å². The summed E-state index contributed by atoms with van der Waals surface area (Å²) < 4.78 is 1.84. The topological polar surface area (TPSA) is 50.1 Å². The fourth-order valence-electron chi connectivity index (χ4n) is 3.31. The lowest BCUT2D eigenvalue weighted by atomic mass is 9.78. The lowest BCUT2D eigenvalue weighted by molar-refractivity contribution is 0.424. The van der Waals surface area contributed by atoms with Crippen LogP contribution in [0.15, 0.2) is 54.7 Å². The molecule has 0 saturated carbocycles. The lowest BCUT2D eigenvalue weighted by Gasteiger charge is -2.29. The summed E-state index contributed by atoms with van der Waals surface area (Å²) >= 11 is 0. The first-order chi connectivity index (χ1) is 12.6. The number of hydrogen-bond acceptors (Lipinski definition) is 3. The van der Waals surface area contributed by atoms with Gasteiger partial charge in [0.15, 0.2) is 5.82 Å². The number of benzene rings is 2. The van der Waals surface area contributed by atoms with Crippen LogP contribution in [0.1, 0.15) is 52.7 Å². The summed E-state index contributed by atoms with van der Waals surface area (Å²) in [5.41, 5.74) is 3.41. The Morgan fingerprint density at radius 2 is 1.52 bits per heavy atom. The Bertz CT molecular complexity index is 928. The van der Waals surface area contributed by atoms with Crippen molar-refractivity contribution in [2.45, 2.75) is 52.4 Å². The molecule has 0 amide bonds. The smallest absolute Gasteiger partial charge is 0.152 e. The first kappa shape index (κ1) is 19.0. The molecule has 0 radical (unpaired) electrons. The molecule has 0 aliphatic carbocycles. The van der Waals surface area contributed by atoms with E-state index in [4.69, 9.17) is 0 Å². The van der Waals surface area contributed by atoms with E-state index in [1.807, 2.05) is 59.4 Å². The average molecular weight is 364 g/mol. The zero-order valence-electron chi connectivity index (χ0n) is 17.0. The summed E-state index contributed by atoms with van der Waals surface area (Å²) in [4.78, 5) is 0. The van der Waals surface area contributed by atoms with Crippen molar-refractivity contribution >= 4 is 11.5 Å². The minimum Gasteiger partial charge on any atom is -0.507 e.